The summed E-state index contributed by atoms with van der Waals surface area (Å²) < 4.78 is 0. The Bertz CT molecular complexity index is 460. The molecular weight excluding hydrogens is 216 g/mol. The van der Waals surface area contributed by atoms with E-state index in [9.17, 15) is 0 Å². The largest absolute Gasteiger partial charge is 0.357 e. The molecule has 0 saturated heterocycles. The normalized spacial score (nSPS) is 14.4. The molecule has 1 N–H and O–H groups in total. The number of halogens is 1. The van der Waals surface area contributed by atoms with Crippen LogP contribution in [-0.4, -0.2) is 0 Å². The monoisotopic (exact) mass is 222 g/mol. The van der Waals surface area contributed by atoms with Gasteiger partial charge < -0.3 is 5.32 Å². The van der Waals surface area contributed by atoms with Gasteiger partial charge in [-0.25, -0.2) is 0 Å². The van der Waals surface area contributed by atoms with Crippen molar-refractivity contribution in [3.05, 3.63) is 33.8 Å². The van der Waals surface area contributed by atoms with Crippen LogP contribution >= 0.6 is 23.4 Å². The van der Waals surface area contributed by atoms with Gasteiger partial charge in [-0.2, -0.15) is 5.26 Å². The average Bonchev–Trinajstić information content (AvgIpc) is 2.16. The molecule has 0 saturated carbocycles. The molecular formula is C10H7ClN2S. The molecule has 0 bridgehead atoms. The summed E-state index contributed by atoms with van der Waals surface area (Å²) in [6.45, 7) is 1.88. The van der Waals surface area contributed by atoms with Crippen molar-refractivity contribution < 1.29 is 0 Å². The summed E-state index contributed by atoms with van der Waals surface area (Å²) in [6.07, 6.45) is 0. The molecule has 0 aromatic heterocycles. The maximum absolute atomic E-state index is 8.85. The minimum absolute atomic E-state index is 0.699. The van der Waals surface area contributed by atoms with E-state index in [-0.39, 0.29) is 0 Å². The Kier molecular flexibility index (Phi) is 2.40. The first kappa shape index (κ1) is 9.45. The summed E-state index contributed by atoms with van der Waals surface area (Å²) in [6, 6.07) is 7.76. The van der Waals surface area contributed by atoms with Crippen LogP contribution in [0.25, 0.3) is 0 Å². The first-order valence-corrected chi connectivity index (χ1v) is 5.25. The molecule has 4 heteroatoms. The lowest BCUT2D eigenvalue weighted by molar-refractivity contribution is 1.29. The molecule has 0 unspecified atom stereocenters. The Labute approximate surface area is 91.6 Å². The van der Waals surface area contributed by atoms with E-state index in [1.54, 1.807) is 0 Å². The Balaban J connectivity index is 2.45. The zero-order valence-electron chi connectivity index (χ0n) is 7.47. The van der Waals surface area contributed by atoms with E-state index in [4.69, 9.17) is 16.9 Å². The minimum atomic E-state index is 0.699. The van der Waals surface area contributed by atoms with Gasteiger partial charge >= 0.3 is 0 Å². The van der Waals surface area contributed by atoms with Gasteiger partial charge in [0.25, 0.3) is 0 Å². The van der Waals surface area contributed by atoms with E-state index < -0.39 is 0 Å². The van der Waals surface area contributed by atoms with Crippen molar-refractivity contribution in [3.63, 3.8) is 0 Å². The smallest absolute Gasteiger partial charge is 0.109 e. The van der Waals surface area contributed by atoms with Gasteiger partial charge in [-0.3, -0.25) is 0 Å². The van der Waals surface area contributed by atoms with Crippen molar-refractivity contribution in [1.82, 2.24) is 0 Å². The molecule has 0 atom stereocenters. The van der Waals surface area contributed by atoms with Crippen molar-refractivity contribution in [1.29, 1.82) is 5.26 Å². The van der Waals surface area contributed by atoms with Crippen LogP contribution in [0.4, 0.5) is 5.69 Å². The molecule has 0 fully saturated rings. The molecule has 0 radical (unpaired) electrons. The summed E-state index contributed by atoms with van der Waals surface area (Å²) in [4.78, 5) is 1.75. The van der Waals surface area contributed by atoms with Crippen LogP contribution in [0.5, 0.6) is 0 Å². The van der Waals surface area contributed by atoms with Crippen LogP contribution < -0.4 is 5.32 Å². The van der Waals surface area contributed by atoms with Crippen LogP contribution in [0.2, 0.25) is 5.02 Å². The number of anilines is 1. The predicted molar refractivity (Wildman–Crippen MR) is 59.2 cm³/mol. The maximum Gasteiger partial charge on any atom is 0.109 e. The van der Waals surface area contributed by atoms with Crippen LogP contribution in [0.1, 0.15) is 6.92 Å². The summed E-state index contributed by atoms with van der Waals surface area (Å²) in [5.41, 5.74) is 1.85. The second kappa shape index (κ2) is 3.56. The summed E-state index contributed by atoms with van der Waals surface area (Å²) in [5, 5.41) is 12.7. The quantitative estimate of drug-likeness (QED) is 0.729. The highest BCUT2D eigenvalue weighted by atomic mass is 35.5. The molecule has 1 heterocycles. The number of nitriles is 1. The number of rotatable bonds is 0. The first-order valence-electron chi connectivity index (χ1n) is 4.06. The third-order valence-corrected chi connectivity index (χ3v) is 3.33. The lowest BCUT2D eigenvalue weighted by Crippen LogP contribution is -2.04. The van der Waals surface area contributed by atoms with E-state index in [0.29, 0.717) is 9.93 Å². The standard InChI is InChI=1S/C10H7ClN2S/c1-6-10(5-12)14-9-3-2-7(11)4-8(9)13-6/h2-4,13H,1H3. The number of nitrogens with one attached hydrogen (secondary N) is 1. The van der Waals surface area contributed by atoms with Crippen LogP contribution in [-0.2, 0) is 0 Å². The second-order valence-corrected chi connectivity index (χ2v) is 4.42. The second-order valence-electron chi connectivity index (χ2n) is 2.93. The van der Waals surface area contributed by atoms with Gasteiger partial charge in [0.15, 0.2) is 0 Å². The lowest BCUT2D eigenvalue weighted by atomic mass is 10.3. The van der Waals surface area contributed by atoms with Crippen molar-refractivity contribution in [2.45, 2.75) is 11.8 Å². The zero-order valence-corrected chi connectivity index (χ0v) is 9.04. The van der Waals surface area contributed by atoms with Crippen LogP contribution in [0, 0.1) is 11.3 Å². The van der Waals surface area contributed by atoms with Crippen molar-refractivity contribution >= 4 is 29.1 Å². The molecule has 2 rings (SSSR count). The molecule has 0 aliphatic carbocycles. The zero-order chi connectivity index (χ0) is 10.1. The molecule has 1 aromatic rings. The van der Waals surface area contributed by atoms with Gasteiger partial charge in [-0.1, -0.05) is 23.4 Å². The number of hydrogen-bond donors (Lipinski definition) is 1. The van der Waals surface area contributed by atoms with Gasteiger partial charge in [-0.15, -0.1) is 0 Å². The Morgan fingerprint density at radius 2 is 2.29 bits per heavy atom. The number of nitrogens with zero attached hydrogens (tertiary/aromatic N) is 1. The van der Waals surface area contributed by atoms with Crippen molar-refractivity contribution in [2.75, 3.05) is 5.32 Å². The fourth-order valence-electron chi connectivity index (χ4n) is 1.24. The van der Waals surface area contributed by atoms with Crippen LogP contribution in [0.15, 0.2) is 33.7 Å². The highest BCUT2D eigenvalue weighted by Gasteiger charge is 2.15. The Morgan fingerprint density at radius 1 is 1.50 bits per heavy atom. The lowest BCUT2D eigenvalue weighted by Gasteiger charge is -2.18. The number of hydrogen-bond acceptors (Lipinski definition) is 3. The summed E-state index contributed by atoms with van der Waals surface area (Å²) in [5.74, 6) is 0. The van der Waals surface area contributed by atoms with E-state index in [0.717, 1.165) is 16.3 Å². The van der Waals surface area contributed by atoms with E-state index in [1.807, 2.05) is 25.1 Å². The highest BCUT2D eigenvalue weighted by Crippen LogP contribution is 2.40. The van der Waals surface area contributed by atoms with Gasteiger partial charge in [0.1, 0.15) is 11.0 Å². The van der Waals surface area contributed by atoms with Gasteiger partial charge in [0.2, 0.25) is 0 Å². The summed E-state index contributed by atoms with van der Waals surface area (Å²) >= 11 is 7.34. The molecule has 0 amide bonds. The minimum Gasteiger partial charge on any atom is -0.357 e. The number of allylic oxidation sites excluding steroid dienone is 2. The van der Waals surface area contributed by atoms with Crippen molar-refractivity contribution in [2.24, 2.45) is 0 Å². The fraction of sp³-hybridized carbons (Fsp3) is 0.100. The van der Waals surface area contributed by atoms with Crippen molar-refractivity contribution in [3.8, 4) is 6.07 Å². The topological polar surface area (TPSA) is 35.8 Å². The van der Waals surface area contributed by atoms with Gasteiger partial charge in [0, 0.05) is 15.6 Å². The molecule has 14 heavy (non-hydrogen) atoms. The van der Waals surface area contributed by atoms with E-state index >= 15 is 0 Å². The molecule has 70 valence electrons. The predicted octanol–water partition coefficient (Wildman–Crippen LogP) is 3.61. The molecule has 1 aromatic carbocycles. The summed E-state index contributed by atoms with van der Waals surface area (Å²) in [7, 11) is 0. The van der Waals surface area contributed by atoms with E-state index in [1.165, 1.54) is 11.8 Å². The number of fused-ring (bicyclic) bond motifs is 1. The first-order chi connectivity index (χ1) is 6.70. The number of thioether (sulfide) groups is 1. The Morgan fingerprint density at radius 3 is 3.00 bits per heavy atom. The van der Waals surface area contributed by atoms with Crippen LogP contribution in [0.3, 0.4) is 0 Å². The maximum atomic E-state index is 8.85. The SMILES string of the molecule is CC1=C(C#N)Sc2ccc(Cl)cc2N1. The third-order valence-electron chi connectivity index (χ3n) is 1.92. The highest BCUT2D eigenvalue weighted by molar-refractivity contribution is 8.03. The van der Waals surface area contributed by atoms with Gasteiger partial charge in [0.05, 0.1) is 5.69 Å². The fourth-order valence-corrected chi connectivity index (χ4v) is 2.24. The third kappa shape index (κ3) is 1.59. The van der Waals surface area contributed by atoms with E-state index in [2.05, 4.69) is 11.4 Å². The Hall–Kier alpha value is -1.11. The average molecular weight is 223 g/mol. The molecule has 2 nitrogen and oxygen atoms in total. The van der Waals surface area contributed by atoms with Gasteiger partial charge in [-0.05, 0) is 25.1 Å². The molecule has 1 aliphatic rings. The molecule has 1 aliphatic heterocycles. The molecule has 0 spiro atoms. The number of benzene rings is 1.